The van der Waals surface area contributed by atoms with E-state index in [-0.39, 0.29) is 5.82 Å². The number of hydrogen-bond acceptors (Lipinski definition) is 4. The van der Waals surface area contributed by atoms with Gasteiger partial charge in [0, 0.05) is 30.9 Å². The van der Waals surface area contributed by atoms with Gasteiger partial charge in [0.25, 0.3) is 0 Å². The van der Waals surface area contributed by atoms with Gasteiger partial charge in [-0.25, -0.2) is 4.98 Å². The molecule has 0 aliphatic carbocycles. The number of nitriles is 1. The number of aromatic nitrogens is 1. The van der Waals surface area contributed by atoms with E-state index in [4.69, 9.17) is 5.73 Å². The monoisotopic (exact) mass is 342 g/mol. The topological polar surface area (TPSA) is 65.9 Å². The van der Waals surface area contributed by atoms with Crippen molar-refractivity contribution in [3.05, 3.63) is 65.2 Å². The maximum absolute atomic E-state index is 9.65. The number of aryl methyl sites for hydroxylation is 1. The minimum Gasteiger partial charge on any atom is -0.383 e. The number of hydrogen-bond donors (Lipinski definition) is 1. The molecule has 0 radical (unpaired) electrons. The third kappa shape index (κ3) is 3.12. The zero-order valence-electron chi connectivity index (χ0n) is 15.5. The van der Waals surface area contributed by atoms with Crippen LogP contribution in [0, 0.1) is 25.2 Å². The lowest BCUT2D eigenvalue weighted by molar-refractivity contribution is 1.13. The summed E-state index contributed by atoms with van der Waals surface area (Å²) in [7, 11) is 4.00. The molecule has 1 heterocycles. The van der Waals surface area contributed by atoms with Gasteiger partial charge in [-0.1, -0.05) is 42.0 Å². The summed E-state index contributed by atoms with van der Waals surface area (Å²) < 4.78 is 0. The molecule has 0 fully saturated rings. The minimum atomic E-state index is 0.264. The lowest BCUT2D eigenvalue weighted by atomic mass is 9.92. The quantitative estimate of drug-likeness (QED) is 0.758. The smallest absolute Gasteiger partial charge is 0.142 e. The Labute approximate surface area is 154 Å². The average Bonchev–Trinajstić information content (AvgIpc) is 2.64. The van der Waals surface area contributed by atoms with Crippen molar-refractivity contribution >= 4 is 11.5 Å². The van der Waals surface area contributed by atoms with Gasteiger partial charge in [-0.05, 0) is 37.1 Å². The van der Waals surface area contributed by atoms with Crippen LogP contribution in [0.15, 0.2) is 48.5 Å². The first-order valence-electron chi connectivity index (χ1n) is 8.47. The summed E-state index contributed by atoms with van der Waals surface area (Å²) in [4.78, 5) is 6.56. The van der Waals surface area contributed by atoms with Crippen molar-refractivity contribution < 1.29 is 0 Å². The number of anilines is 2. The Morgan fingerprint density at radius 1 is 0.923 bits per heavy atom. The molecule has 0 aliphatic heterocycles. The first-order chi connectivity index (χ1) is 12.4. The van der Waals surface area contributed by atoms with E-state index in [1.165, 1.54) is 5.56 Å². The molecule has 0 bridgehead atoms. The van der Waals surface area contributed by atoms with Gasteiger partial charge in [0.1, 0.15) is 17.5 Å². The molecule has 4 nitrogen and oxygen atoms in total. The van der Waals surface area contributed by atoms with Crippen LogP contribution in [0.2, 0.25) is 0 Å². The Morgan fingerprint density at radius 2 is 1.50 bits per heavy atom. The first kappa shape index (κ1) is 17.5. The van der Waals surface area contributed by atoms with Crippen molar-refractivity contribution in [2.24, 2.45) is 0 Å². The largest absolute Gasteiger partial charge is 0.383 e. The Balaban J connectivity index is 2.23. The number of rotatable bonds is 3. The third-order valence-corrected chi connectivity index (χ3v) is 4.58. The SMILES string of the molecule is Cc1ccc(-c2nc(N)c(C#N)c(-c3ccc(N(C)C)cc3)c2C)cc1. The highest BCUT2D eigenvalue weighted by Crippen LogP contribution is 2.36. The molecule has 0 spiro atoms. The molecule has 2 aromatic carbocycles. The predicted molar refractivity (Wildman–Crippen MR) is 108 cm³/mol. The van der Waals surface area contributed by atoms with E-state index in [9.17, 15) is 5.26 Å². The third-order valence-electron chi connectivity index (χ3n) is 4.58. The van der Waals surface area contributed by atoms with Crippen molar-refractivity contribution in [1.29, 1.82) is 5.26 Å². The van der Waals surface area contributed by atoms with E-state index in [1.807, 2.05) is 62.3 Å². The zero-order valence-corrected chi connectivity index (χ0v) is 15.5. The molecule has 0 amide bonds. The van der Waals surface area contributed by atoms with Crippen molar-refractivity contribution in [3.63, 3.8) is 0 Å². The fraction of sp³-hybridized carbons (Fsp3) is 0.182. The minimum absolute atomic E-state index is 0.264. The normalized spacial score (nSPS) is 10.4. The fourth-order valence-corrected chi connectivity index (χ4v) is 3.09. The van der Waals surface area contributed by atoms with Crippen LogP contribution in [0.5, 0.6) is 0 Å². The summed E-state index contributed by atoms with van der Waals surface area (Å²) in [6, 6.07) is 18.5. The van der Waals surface area contributed by atoms with Crippen LogP contribution in [0.3, 0.4) is 0 Å². The maximum atomic E-state index is 9.65. The zero-order chi connectivity index (χ0) is 18.8. The van der Waals surface area contributed by atoms with Gasteiger partial charge in [0.15, 0.2) is 0 Å². The van der Waals surface area contributed by atoms with E-state index < -0.39 is 0 Å². The molecule has 0 aliphatic rings. The standard InChI is InChI=1S/C22H22N4/c1-14-5-7-17(8-6-14)21-15(2)20(19(13-23)22(24)25-21)16-9-11-18(12-10-16)26(3)4/h5-12H,1-4H3,(H2,24,25). The second-order valence-electron chi connectivity index (χ2n) is 6.64. The van der Waals surface area contributed by atoms with E-state index in [2.05, 4.69) is 30.1 Å². The van der Waals surface area contributed by atoms with Crippen LogP contribution in [-0.4, -0.2) is 19.1 Å². The number of pyridine rings is 1. The lowest BCUT2D eigenvalue weighted by Crippen LogP contribution is -2.08. The van der Waals surface area contributed by atoms with E-state index in [0.717, 1.165) is 33.6 Å². The van der Waals surface area contributed by atoms with Gasteiger partial charge in [-0.2, -0.15) is 5.26 Å². The molecule has 0 atom stereocenters. The predicted octanol–water partition coefficient (Wildman–Crippen LogP) is 4.55. The highest BCUT2D eigenvalue weighted by molar-refractivity contribution is 5.84. The molecular formula is C22H22N4. The maximum Gasteiger partial charge on any atom is 0.142 e. The summed E-state index contributed by atoms with van der Waals surface area (Å²) in [5.41, 5.74) is 13.4. The van der Waals surface area contributed by atoms with Crippen LogP contribution in [0.1, 0.15) is 16.7 Å². The van der Waals surface area contributed by atoms with Crippen molar-refractivity contribution in [3.8, 4) is 28.5 Å². The summed E-state index contributed by atoms with van der Waals surface area (Å²) >= 11 is 0. The Kier molecular flexibility index (Phi) is 4.64. The van der Waals surface area contributed by atoms with Crippen molar-refractivity contribution in [2.75, 3.05) is 24.7 Å². The molecule has 0 unspecified atom stereocenters. The highest BCUT2D eigenvalue weighted by Gasteiger charge is 2.18. The molecule has 3 aromatic rings. The van der Waals surface area contributed by atoms with Gasteiger partial charge in [-0.15, -0.1) is 0 Å². The van der Waals surface area contributed by atoms with Crippen LogP contribution in [0.25, 0.3) is 22.4 Å². The van der Waals surface area contributed by atoms with Crippen LogP contribution >= 0.6 is 0 Å². The van der Waals surface area contributed by atoms with Crippen molar-refractivity contribution in [1.82, 2.24) is 4.98 Å². The van der Waals surface area contributed by atoms with E-state index in [1.54, 1.807) is 0 Å². The summed E-state index contributed by atoms with van der Waals surface area (Å²) in [6.07, 6.45) is 0. The first-order valence-corrected chi connectivity index (χ1v) is 8.47. The van der Waals surface area contributed by atoms with Crippen LogP contribution in [0.4, 0.5) is 11.5 Å². The summed E-state index contributed by atoms with van der Waals surface area (Å²) in [6.45, 7) is 4.05. The summed E-state index contributed by atoms with van der Waals surface area (Å²) in [5, 5.41) is 9.65. The van der Waals surface area contributed by atoms with E-state index >= 15 is 0 Å². The molecule has 130 valence electrons. The molecule has 2 N–H and O–H groups in total. The molecule has 3 rings (SSSR count). The molecule has 0 saturated carbocycles. The average molecular weight is 342 g/mol. The molecular weight excluding hydrogens is 320 g/mol. The number of nitrogen functional groups attached to an aromatic ring is 1. The van der Waals surface area contributed by atoms with Crippen molar-refractivity contribution in [2.45, 2.75) is 13.8 Å². The van der Waals surface area contributed by atoms with Crippen LogP contribution < -0.4 is 10.6 Å². The number of nitrogens with two attached hydrogens (primary N) is 1. The molecule has 26 heavy (non-hydrogen) atoms. The van der Waals surface area contributed by atoms with Gasteiger partial charge in [0.05, 0.1) is 5.69 Å². The summed E-state index contributed by atoms with van der Waals surface area (Å²) in [5.74, 6) is 0.264. The molecule has 0 saturated heterocycles. The van der Waals surface area contributed by atoms with Gasteiger partial charge in [-0.3, -0.25) is 0 Å². The molecule has 4 heteroatoms. The highest BCUT2D eigenvalue weighted by atomic mass is 15.1. The van der Waals surface area contributed by atoms with Gasteiger partial charge in [0.2, 0.25) is 0 Å². The number of benzene rings is 2. The second-order valence-corrected chi connectivity index (χ2v) is 6.64. The Hall–Kier alpha value is -3.32. The Morgan fingerprint density at radius 3 is 2.04 bits per heavy atom. The van der Waals surface area contributed by atoms with Gasteiger partial charge >= 0.3 is 0 Å². The Bertz CT molecular complexity index is 979. The fourth-order valence-electron chi connectivity index (χ4n) is 3.09. The van der Waals surface area contributed by atoms with Crippen LogP contribution in [-0.2, 0) is 0 Å². The molecule has 1 aromatic heterocycles. The number of nitrogens with zero attached hydrogens (tertiary/aromatic N) is 3. The van der Waals surface area contributed by atoms with E-state index in [0.29, 0.717) is 5.56 Å². The van der Waals surface area contributed by atoms with Gasteiger partial charge < -0.3 is 10.6 Å². The second kappa shape index (κ2) is 6.89. The lowest BCUT2D eigenvalue weighted by Gasteiger charge is -2.17.